The van der Waals surface area contributed by atoms with E-state index in [1.807, 2.05) is 0 Å². The maximum absolute atomic E-state index is 12.2. The van der Waals surface area contributed by atoms with Crippen LogP contribution in [0.3, 0.4) is 0 Å². The average Bonchev–Trinajstić information content (AvgIpc) is 3.04. The summed E-state index contributed by atoms with van der Waals surface area (Å²) in [6.07, 6.45) is 6.01. The van der Waals surface area contributed by atoms with Crippen LogP contribution in [0.25, 0.3) is 0 Å². The number of ether oxygens (including phenoxy) is 1. The van der Waals surface area contributed by atoms with E-state index in [0.717, 1.165) is 38.5 Å². The summed E-state index contributed by atoms with van der Waals surface area (Å²) in [5.41, 5.74) is 0. The van der Waals surface area contributed by atoms with E-state index in [-0.39, 0.29) is 5.91 Å². The molecule has 2 aliphatic heterocycles. The molecule has 2 heterocycles. The quantitative estimate of drug-likeness (QED) is 0.786. The average molecular weight is 238 g/mol. The molecule has 3 aliphatic rings. The van der Waals surface area contributed by atoms with Crippen LogP contribution in [0.2, 0.25) is 0 Å². The number of rotatable bonds is 4. The van der Waals surface area contributed by atoms with Crippen molar-refractivity contribution in [1.29, 1.82) is 0 Å². The molecule has 0 aromatic carbocycles. The zero-order valence-electron chi connectivity index (χ0n) is 10.4. The first kappa shape index (κ1) is 11.5. The van der Waals surface area contributed by atoms with Crippen LogP contribution in [-0.4, -0.2) is 49.2 Å². The molecule has 0 aromatic rings. The third kappa shape index (κ3) is 2.63. The number of carbonyl (C=O) groups is 1. The Labute approximate surface area is 103 Å². The Bertz CT molecular complexity index is 277. The first-order valence-electron chi connectivity index (χ1n) is 6.94. The Balaban J connectivity index is 1.52. The minimum absolute atomic E-state index is 0.210. The van der Waals surface area contributed by atoms with Crippen LogP contribution >= 0.6 is 0 Å². The molecule has 4 nitrogen and oxygen atoms in total. The number of nitrogens with zero attached hydrogens (tertiary/aromatic N) is 1. The van der Waals surface area contributed by atoms with Gasteiger partial charge in [-0.2, -0.15) is 0 Å². The van der Waals surface area contributed by atoms with Gasteiger partial charge in [-0.15, -0.1) is 0 Å². The largest absolute Gasteiger partial charge is 0.371 e. The zero-order chi connectivity index (χ0) is 11.7. The van der Waals surface area contributed by atoms with Crippen LogP contribution in [0.1, 0.15) is 32.1 Å². The minimum atomic E-state index is 0.210. The molecule has 17 heavy (non-hydrogen) atoms. The first-order valence-corrected chi connectivity index (χ1v) is 6.94. The van der Waals surface area contributed by atoms with Crippen molar-refractivity contribution in [2.24, 2.45) is 5.92 Å². The third-order valence-corrected chi connectivity index (χ3v) is 4.22. The van der Waals surface area contributed by atoms with Crippen molar-refractivity contribution in [1.82, 2.24) is 10.2 Å². The van der Waals surface area contributed by atoms with E-state index in [1.54, 1.807) is 0 Å². The van der Waals surface area contributed by atoms with Crippen molar-refractivity contribution in [3.63, 3.8) is 0 Å². The number of fused-ring (bicyclic) bond motifs is 2. The molecule has 2 bridgehead atoms. The first-order chi connectivity index (χ1) is 8.34. The van der Waals surface area contributed by atoms with E-state index in [4.69, 9.17) is 4.74 Å². The van der Waals surface area contributed by atoms with Crippen molar-refractivity contribution in [2.45, 2.75) is 44.2 Å². The molecule has 2 unspecified atom stereocenters. The second kappa shape index (κ2) is 4.94. The fourth-order valence-corrected chi connectivity index (χ4v) is 3.06. The van der Waals surface area contributed by atoms with Gasteiger partial charge in [0.1, 0.15) is 6.61 Å². The lowest BCUT2D eigenvalue weighted by Crippen LogP contribution is -2.44. The van der Waals surface area contributed by atoms with E-state index < -0.39 is 0 Å². The van der Waals surface area contributed by atoms with Crippen molar-refractivity contribution < 1.29 is 9.53 Å². The zero-order valence-corrected chi connectivity index (χ0v) is 10.4. The van der Waals surface area contributed by atoms with Gasteiger partial charge >= 0.3 is 0 Å². The smallest absolute Gasteiger partial charge is 0.249 e. The summed E-state index contributed by atoms with van der Waals surface area (Å²) in [6.45, 7) is 3.09. The van der Waals surface area contributed by atoms with Gasteiger partial charge in [-0.05, 0) is 44.6 Å². The summed E-state index contributed by atoms with van der Waals surface area (Å²) in [4.78, 5) is 14.3. The molecule has 1 aliphatic carbocycles. The molecule has 0 spiro atoms. The summed E-state index contributed by atoms with van der Waals surface area (Å²) < 4.78 is 5.53. The Kier molecular flexibility index (Phi) is 3.34. The number of hydrogen-bond acceptors (Lipinski definition) is 3. The van der Waals surface area contributed by atoms with Crippen LogP contribution in [-0.2, 0) is 9.53 Å². The summed E-state index contributed by atoms with van der Waals surface area (Å²) in [6, 6.07) is 0.881. The highest BCUT2D eigenvalue weighted by molar-refractivity contribution is 5.78. The highest BCUT2D eigenvalue weighted by atomic mass is 16.5. The monoisotopic (exact) mass is 238 g/mol. The molecule has 0 aromatic heterocycles. The summed E-state index contributed by atoms with van der Waals surface area (Å²) >= 11 is 0. The number of hydrogen-bond donors (Lipinski definition) is 1. The molecule has 4 heteroatoms. The second-order valence-electron chi connectivity index (χ2n) is 5.64. The summed E-state index contributed by atoms with van der Waals surface area (Å²) in [5.74, 6) is 0.951. The Morgan fingerprint density at radius 2 is 2.00 bits per heavy atom. The van der Waals surface area contributed by atoms with E-state index in [0.29, 0.717) is 18.7 Å². The lowest BCUT2D eigenvalue weighted by Gasteiger charge is -2.27. The third-order valence-electron chi connectivity index (χ3n) is 4.22. The van der Waals surface area contributed by atoms with Gasteiger partial charge in [0.15, 0.2) is 0 Å². The molecule has 3 rings (SSSR count). The molecule has 0 radical (unpaired) electrons. The lowest BCUT2D eigenvalue weighted by atomic mass is 10.1. The van der Waals surface area contributed by atoms with Gasteiger partial charge in [-0.3, -0.25) is 4.79 Å². The second-order valence-corrected chi connectivity index (χ2v) is 5.64. The minimum Gasteiger partial charge on any atom is -0.371 e. The number of carbonyl (C=O) groups excluding carboxylic acids is 1. The normalized spacial score (nSPS) is 32.6. The van der Waals surface area contributed by atoms with E-state index in [1.165, 1.54) is 19.3 Å². The van der Waals surface area contributed by atoms with Gasteiger partial charge in [0.2, 0.25) is 5.91 Å². The van der Waals surface area contributed by atoms with Crippen molar-refractivity contribution in [3.05, 3.63) is 0 Å². The van der Waals surface area contributed by atoms with Crippen LogP contribution in [0.4, 0.5) is 0 Å². The van der Waals surface area contributed by atoms with Gasteiger partial charge in [0.25, 0.3) is 0 Å². The molecular weight excluding hydrogens is 216 g/mol. The summed E-state index contributed by atoms with van der Waals surface area (Å²) in [7, 11) is 0. The Morgan fingerprint density at radius 3 is 2.82 bits per heavy atom. The Morgan fingerprint density at radius 1 is 1.18 bits per heavy atom. The van der Waals surface area contributed by atoms with Gasteiger partial charge in [-0.1, -0.05) is 0 Å². The van der Waals surface area contributed by atoms with Crippen LogP contribution in [0, 0.1) is 5.92 Å². The molecule has 3 fully saturated rings. The van der Waals surface area contributed by atoms with E-state index in [2.05, 4.69) is 10.2 Å². The fourth-order valence-electron chi connectivity index (χ4n) is 3.06. The number of amides is 1. The SMILES string of the molecule is O=C(COCC1CC1)N1C2CCNCC1CC2. The van der Waals surface area contributed by atoms with E-state index in [9.17, 15) is 4.79 Å². The van der Waals surface area contributed by atoms with Crippen LogP contribution in [0.5, 0.6) is 0 Å². The van der Waals surface area contributed by atoms with Gasteiger partial charge in [0, 0.05) is 18.6 Å². The molecule has 2 saturated heterocycles. The molecule has 96 valence electrons. The van der Waals surface area contributed by atoms with Crippen molar-refractivity contribution in [3.8, 4) is 0 Å². The van der Waals surface area contributed by atoms with Gasteiger partial charge in [-0.25, -0.2) is 0 Å². The van der Waals surface area contributed by atoms with E-state index >= 15 is 0 Å². The van der Waals surface area contributed by atoms with Gasteiger partial charge in [0.05, 0.1) is 6.61 Å². The number of nitrogens with one attached hydrogen (secondary N) is 1. The maximum Gasteiger partial charge on any atom is 0.249 e. The predicted molar refractivity (Wildman–Crippen MR) is 64.7 cm³/mol. The maximum atomic E-state index is 12.2. The lowest BCUT2D eigenvalue weighted by molar-refractivity contribution is -0.138. The van der Waals surface area contributed by atoms with Crippen molar-refractivity contribution >= 4 is 5.91 Å². The topological polar surface area (TPSA) is 41.6 Å². The molecule has 1 N–H and O–H groups in total. The highest BCUT2D eigenvalue weighted by Crippen LogP contribution is 2.30. The Hall–Kier alpha value is -0.610. The van der Waals surface area contributed by atoms with Crippen molar-refractivity contribution in [2.75, 3.05) is 26.3 Å². The fraction of sp³-hybridized carbons (Fsp3) is 0.923. The molecule has 1 amide bonds. The van der Waals surface area contributed by atoms with Gasteiger partial charge < -0.3 is 15.0 Å². The van der Waals surface area contributed by atoms with Crippen LogP contribution < -0.4 is 5.32 Å². The summed E-state index contributed by atoms with van der Waals surface area (Å²) in [5, 5.41) is 3.41. The highest BCUT2D eigenvalue weighted by Gasteiger charge is 2.37. The standard InChI is InChI=1S/C13H22N2O2/c16-13(9-17-8-10-1-2-10)15-11-3-4-12(15)7-14-6-5-11/h10-12,14H,1-9H2. The molecular formula is C13H22N2O2. The molecule has 1 saturated carbocycles. The predicted octanol–water partition coefficient (Wildman–Crippen LogP) is 0.766. The molecule has 2 atom stereocenters. The van der Waals surface area contributed by atoms with Crippen LogP contribution in [0.15, 0.2) is 0 Å².